The number of carbonyl (C=O) groups is 2. The second-order valence-electron chi connectivity index (χ2n) is 6.78. The molecule has 4 rings (SSSR count). The van der Waals surface area contributed by atoms with Crippen molar-refractivity contribution in [3.05, 3.63) is 96.1 Å². The van der Waals surface area contributed by atoms with E-state index >= 15 is 0 Å². The lowest BCUT2D eigenvalue weighted by Gasteiger charge is -2.19. The highest BCUT2D eigenvalue weighted by atomic mass is 16.6. The number of benzene rings is 4. The molecule has 0 saturated heterocycles. The Morgan fingerprint density at radius 2 is 0.844 bits per heavy atom. The van der Waals surface area contributed by atoms with Gasteiger partial charge in [-0.25, -0.2) is 9.59 Å². The summed E-state index contributed by atoms with van der Waals surface area (Å²) in [5, 5.41) is 1.07. The summed E-state index contributed by atoms with van der Waals surface area (Å²) in [7, 11) is 2.85. The fourth-order valence-electron chi connectivity index (χ4n) is 3.36. The largest absolute Gasteiger partial charge is 0.490 e. The highest BCUT2D eigenvalue weighted by Gasteiger charge is 2.27. The van der Waals surface area contributed by atoms with Gasteiger partial charge in [-0.15, -0.1) is 0 Å². The third kappa shape index (κ3) is 3.98. The molecule has 0 radical (unpaired) electrons. The predicted octanol–water partition coefficient (Wildman–Crippen LogP) is 5.30. The Balaban J connectivity index is 1.85. The molecule has 0 fully saturated rings. The summed E-state index contributed by atoms with van der Waals surface area (Å²) in [5.74, 6) is -0.463. The van der Waals surface area contributed by atoms with Crippen molar-refractivity contribution in [3.63, 3.8) is 0 Å². The second-order valence-corrected chi connectivity index (χ2v) is 6.78. The van der Waals surface area contributed by atoms with Crippen molar-refractivity contribution < 1.29 is 28.5 Å². The van der Waals surface area contributed by atoms with Crippen LogP contribution in [0.25, 0.3) is 10.8 Å². The van der Waals surface area contributed by atoms with Crippen molar-refractivity contribution in [1.29, 1.82) is 0 Å². The van der Waals surface area contributed by atoms with Gasteiger partial charge < -0.3 is 18.9 Å². The minimum Gasteiger partial charge on any atom is -0.490 e. The zero-order valence-corrected chi connectivity index (χ0v) is 17.5. The van der Waals surface area contributed by atoms with Crippen LogP contribution in [0.15, 0.2) is 84.9 Å². The van der Waals surface area contributed by atoms with Crippen molar-refractivity contribution >= 4 is 22.7 Å². The van der Waals surface area contributed by atoms with E-state index in [0.29, 0.717) is 21.9 Å². The van der Waals surface area contributed by atoms with Crippen molar-refractivity contribution in [2.45, 2.75) is 0 Å². The van der Waals surface area contributed by atoms with Crippen molar-refractivity contribution in [2.75, 3.05) is 14.2 Å². The molecule has 0 amide bonds. The number of carbonyl (C=O) groups excluding carboxylic acids is 2. The van der Waals surface area contributed by atoms with Crippen LogP contribution in [0.2, 0.25) is 0 Å². The Kier molecular flexibility index (Phi) is 6.03. The first kappa shape index (κ1) is 20.9. The van der Waals surface area contributed by atoms with Gasteiger partial charge in [0.15, 0.2) is 11.5 Å². The van der Waals surface area contributed by atoms with Crippen LogP contribution in [-0.4, -0.2) is 26.2 Å². The molecular formula is C26H20O6. The van der Waals surface area contributed by atoms with E-state index in [4.69, 9.17) is 18.9 Å². The average molecular weight is 428 g/mol. The molecule has 0 atom stereocenters. The molecule has 6 nitrogen and oxygen atoms in total. The Bertz CT molecular complexity index is 1170. The Labute approximate surface area is 184 Å². The predicted molar refractivity (Wildman–Crippen MR) is 120 cm³/mol. The van der Waals surface area contributed by atoms with E-state index < -0.39 is 11.9 Å². The van der Waals surface area contributed by atoms with Gasteiger partial charge in [-0.1, -0.05) is 60.7 Å². The molecule has 0 N–H and O–H groups in total. The van der Waals surface area contributed by atoms with Crippen LogP contribution in [0.5, 0.6) is 23.0 Å². The zero-order chi connectivity index (χ0) is 22.5. The third-order valence-electron chi connectivity index (χ3n) is 4.85. The van der Waals surface area contributed by atoms with Gasteiger partial charge in [0.2, 0.25) is 11.5 Å². The van der Waals surface area contributed by atoms with E-state index in [9.17, 15) is 9.59 Å². The van der Waals surface area contributed by atoms with Gasteiger partial charge in [-0.05, 0) is 24.3 Å². The van der Waals surface area contributed by atoms with Crippen molar-refractivity contribution in [2.24, 2.45) is 0 Å². The topological polar surface area (TPSA) is 71.1 Å². The van der Waals surface area contributed by atoms with Crippen LogP contribution in [-0.2, 0) is 0 Å². The quantitative estimate of drug-likeness (QED) is 0.307. The SMILES string of the molecule is COc1c(OC)c(OC(=O)c2ccccc2)c2ccccc2c1OC(=O)c1ccccc1. The van der Waals surface area contributed by atoms with Crippen LogP contribution in [0, 0.1) is 0 Å². The maximum absolute atomic E-state index is 12.8. The van der Waals surface area contributed by atoms with Gasteiger partial charge in [-0.3, -0.25) is 0 Å². The lowest BCUT2D eigenvalue weighted by atomic mass is 10.1. The van der Waals surface area contributed by atoms with E-state index in [1.807, 2.05) is 12.1 Å². The summed E-state index contributed by atoms with van der Waals surface area (Å²) in [4.78, 5) is 25.5. The number of hydrogen-bond donors (Lipinski definition) is 0. The number of ether oxygens (including phenoxy) is 4. The summed E-state index contributed by atoms with van der Waals surface area (Å²) in [6.07, 6.45) is 0. The summed E-state index contributed by atoms with van der Waals surface area (Å²) in [6.45, 7) is 0. The second kappa shape index (κ2) is 9.22. The fourth-order valence-corrected chi connectivity index (χ4v) is 3.36. The van der Waals surface area contributed by atoms with Crippen LogP contribution >= 0.6 is 0 Å². The molecule has 6 heteroatoms. The first-order valence-electron chi connectivity index (χ1n) is 9.85. The van der Waals surface area contributed by atoms with Gasteiger partial charge in [0.1, 0.15) is 0 Å². The molecule has 0 saturated carbocycles. The normalized spacial score (nSPS) is 10.4. The van der Waals surface area contributed by atoms with Crippen LogP contribution in [0.1, 0.15) is 20.7 Å². The Morgan fingerprint density at radius 3 is 1.19 bits per heavy atom. The molecule has 0 spiro atoms. The number of hydrogen-bond acceptors (Lipinski definition) is 6. The number of esters is 2. The molecule has 0 bridgehead atoms. The maximum atomic E-state index is 12.8. The number of rotatable bonds is 6. The van der Waals surface area contributed by atoms with Crippen LogP contribution < -0.4 is 18.9 Å². The summed E-state index contributed by atoms with van der Waals surface area (Å²) < 4.78 is 22.6. The van der Waals surface area contributed by atoms with E-state index in [1.165, 1.54) is 14.2 Å². The number of methoxy groups -OCH3 is 2. The third-order valence-corrected chi connectivity index (χ3v) is 4.85. The monoisotopic (exact) mass is 428 g/mol. The van der Waals surface area contributed by atoms with Gasteiger partial charge >= 0.3 is 11.9 Å². The summed E-state index contributed by atoms with van der Waals surface area (Å²) >= 11 is 0. The molecular weight excluding hydrogens is 408 g/mol. The molecule has 4 aromatic carbocycles. The average Bonchev–Trinajstić information content (AvgIpc) is 2.85. The van der Waals surface area contributed by atoms with E-state index in [2.05, 4.69) is 0 Å². The van der Waals surface area contributed by atoms with E-state index in [0.717, 1.165) is 0 Å². The molecule has 4 aromatic rings. The molecule has 0 aliphatic rings. The van der Waals surface area contributed by atoms with Gasteiger partial charge in [0.05, 0.1) is 25.3 Å². The smallest absolute Gasteiger partial charge is 0.343 e. The molecule has 0 unspecified atom stereocenters. The van der Waals surface area contributed by atoms with Crippen molar-refractivity contribution in [1.82, 2.24) is 0 Å². The summed E-state index contributed by atoms with van der Waals surface area (Å²) in [6, 6.07) is 24.3. The van der Waals surface area contributed by atoms with Gasteiger partial charge in [0.25, 0.3) is 0 Å². The van der Waals surface area contributed by atoms with E-state index in [-0.39, 0.29) is 23.0 Å². The van der Waals surface area contributed by atoms with Crippen molar-refractivity contribution in [3.8, 4) is 23.0 Å². The zero-order valence-electron chi connectivity index (χ0n) is 17.5. The molecule has 32 heavy (non-hydrogen) atoms. The minimum atomic E-state index is -0.551. The lowest BCUT2D eigenvalue weighted by Crippen LogP contribution is -2.12. The molecule has 160 valence electrons. The highest BCUT2D eigenvalue weighted by molar-refractivity contribution is 6.03. The van der Waals surface area contributed by atoms with Gasteiger partial charge in [-0.2, -0.15) is 0 Å². The molecule has 0 aliphatic heterocycles. The van der Waals surface area contributed by atoms with Crippen LogP contribution in [0.4, 0.5) is 0 Å². The summed E-state index contributed by atoms with van der Waals surface area (Å²) in [5.41, 5.74) is 0.773. The first-order chi connectivity index (χ1) is 15.6. The number of fused-ring (bicyclic) bond motifs is 1. The molecule has 0 aliphatic carbocycles. The molecule has 0 heterocycles. The fraction of sp³-hybridized carbons (Fsp3) is 0.0769. The lowest BCUT2D eigenvalue weighted by molar-refractivity contribution is 0.0714. The highest BCUT2D eigenvalue weighted by Crippen LogP contribution is 2.51. The Morgan fingerprint density at radius 1 is 0.500 bits per heavy atom. The molecule has 0 aromatic heterocycles. The van der Waals surface area contributed by atoms with E-state index in [1.54, 1.807) is 72.8 Å². The van der Waals surface area contributed by atoms with Crippen LogP contribution in [0.3, 0.4) is 0 Å². The van der Waals surface area contributed by atoms with Gasteiger partial charge in [0, 0.05) is 10.8 Å². The maximum Gasteiger partial charge on any atom is 0.343 e. The minimum absolute atomic E-state index is 0.145. The Hall–Kier alpha value is -4.32. The standard InChI is InChI=1S/C26H20O6/c1-29-23-21(31-25(27)17-11-5-3-6-12-17)19-15-9-10-16-20(19)22(24(23)30-2)32-26(28)18-13-7-4-8-14-18/h3-16H,1-2H3. The first-order valence-corrected chi connectivity index (χ1v) is 9.85.